The van der Waals surface area contributed by atoms with Gasteiger partial charge in [-0.1, -0.05) is 0 Å². The Bertz CT molecular complexity index is 729. The lowest BCUT2D eigenvalue weighted by Crippen LogP contribution is -2.16. The summed E-state index contributed by atoms with van der Waals surface area (Å²) in [5, 5.41) is 6.41. The molecule has 1 aromatic heterocycles. The Balaban J connectivity index is 2.17. The number of nitrogens with zero attached hydrogens (tertiary/aromatic N) is 2. The van der Waals surface area contributed by atoms with Crippen molar-refractivity contribution in [1.29, 1.82) is 0 Å². The van der Waals surface area contributed by atoms with Crippen LogP contribution in [0.2, 0.25) is 0 Å². The van der Waals surface area contributed by atoms with Gasteiger partial charge < -0.3 is 15.8 Å². The fourth-order valence-electron chi connectivity index (χ4n) is 2.27. The number of nitrogens with two attached hydrogens (primary N) is 1. The fourth-order valence-corrected chi connectivity index (χ4v) is 2.27. The van der Waals surface area contributed by atoms with E-state index in [4.69, 9.17) is 10.5 Å². The van der Waals surface area contributed by atoms with Crippen LogP contribution in [-0.2, 0) is 11.2 Å². The van der Waals surface area contributed by atoms with Gasteiger partial charge in [0.15, 0.2) is 0 Å². The maximum atomic E-state index is 12.8. The quantitative estimate of drug-likeness (QED) is 0.829. The monoisotopic (exact) mass is 324 g/mol. The van der Waals surface area contributed by atoms with E-state index in [2.05, 4.69) is 10.4 Å². The van der Waals surface area contributed by atoms with Gasteiger partial charge in [0.25, 0.3) is 0 Å². The van der Waals surface area contributed by atoms with Crippen molar-refractivity contribution in [2.24, 2.45) is 0 Å². The molecule has 0 saturated heterocycles. The molecule has 1 aromatic carbocycles. The highest BCUT2D eigenvalue weighted by atomic mass is 19.3. The molecule has 124 valence electrons. The van der Waals surface area contributed by atoms with Gasteiger partial charge in [-0.05, 0) is 26.0 Å². The van der Waals surface area contributed by atoms with Crippen LogP contribution in [0.25, 0.3) is 0 Å². The first-order chi connectivity index (χ1) is 10.8. The van der Waals surface area contributed by atoms with Crippen molar-refractivity contribution in [2.75, 3.05) is 18.2 Å². The zero-order chi connectivity index (χ0) is 17.1. The van der Waals surface area contributed by atoms with Crippen LogP contribution in [0.1, 0.15) is 23.5 Å². The third-order valence-corrected chi connectivity index (χ3v) is 3.53. The Kier molecular flexibility index (Phi) is 4.83. The SMILES string of the molecule is COc1ccc(N)c(NC(=O)Cc2c(C)nn(C(F)F)c2C)c1. The minimum Gasteiger partial charge on any atom is -0.497 e. The molecular formula is C15H18F2N4O2. The van der Waals surface area contributed by atoms with Gasteiger partial charge in [0, 0.05) is 17.3 Å². The smallest absolute Gasteiger partial charge is 0.333 e. The van der Waals surface area contributed by atoms with E-state index in [0.717, 1.165) is 0 Å². The number of halogens is 2. The van der Waals surface area contributed by atoms with E-state index in [1.807, 2.05) is 0 Å². The average Bonchev–Trinajstić information content (AvgIpc) is 2.77. The number of aromatic nitrogens is 2. The van der Waals surface area contributed by atoms with E-state index < -0.39 is 6.55 Å². The van der Waals surface area contributed by atoms with E-state index in [9.17, 15) is 13.6 Å². The number of rotatable bonds is 5. The highest BCUT2D eigenvalue weighted by Gasteiger charge is 2.19. The molecule has 2 rings (SSSR count). The van der Waals surface area contributed by atoms with Gasteiger partial charge in [0.1, 0.15) is 5.75 Å². The molecule has 1 heterocycles. The molecule has 0 bridgehead atoms. The molecule has 0 spiro atoms. The second-order valence-corrected chi connectivity index (χ2v) is 5.05. The van der Waals surface area contributed by atoms with Gasteiger partial charge in [0.05, 0.1) is 30.6 Å². The lowest BCUT2D eigenvalue weighted by atomic mass is 10.1. The first-order valence-corrected chi connectivity index (χ1v) is 6.89. The van der Waals surface area contributed by atoms with Crippen molar-refractivity contribution in [1.82, 2.24) is 9.78 Å². The normalized spacial score (nSPS) is 10.9. The summed E-state index contributed by atoms with van der Waals surface area (Å²) < 4.78 is 31.3. The van der Waals surface area contributed by atoms with Crippen LogP contribution < -0.4 is 15.8 Å². The number of carbonyl (C=O) groups excluding carboxylic acids is 1. The molecule has 0 aliphatic rings. The number of ether oxygens (including phenoxy) is 1. The Labute approximate surface area is 132 Å². The lowest BCUT2D eigenvalue weighted by molar-refractivity contribution is -0.115. The lowest BCUT2D eigenvalue weighted by Gasteiger charge is -2.10. The van der Waals surface area contributed by atoms with E-state index in [1.165, 1.54) is 14.0 Å². The number of carbonyl (C=O) groups is 1. The van der Waals surface area contributed by atoms with Crippen LogP contribution in [0.5, 0.6) is 5.75 Å². The van der Waals surface area contributed by atoms with Crippen LogP contribution in [-0.4, -0.2) is 22.8 Å². The number of alkyl halides is 2. The second kappa shape index (κ2) is 6.64. The zero-order valence-electron chi connectivity index (χ0n) is 13.1. The molecule has 0 saturated carbocycles. The van der Waals surface area contributed by atoms with Crippen molar-refractivity contribution >= 4 is 17.3 Å². The third kappa shape index (κ3) is 3.58. The number of hydrogen-bond acceptors (Lipinski definition) is 4. The Morgan fingerprint density at radius 2 is 2.13 bits per heavy atom. The number of hydrogen-bond donors (Lipinski definition) is 2. The molecular weight excluding hydrogens is 306 g/mol. The number of nitrogens with one attached hydrogen (secondary N) is 1. The molecule has 6 nitrogen and oxygen atoms in total. The standard InChI is InChI=1S/C15H18F2N4O2/c1-8-11(9(2)21(20-8)15(16)17)7-14(22)19-13-6-10(23-3)4-5-12(13)18/h4-6,15H,7,18H2,1-3H3,(H,19,22). The third-order valence-electron chi connectivity index (χ3n) is 3.53. The maximum Gasteiger partial charge on any atom is 0.333 e. The van der Waals surface area contributed by atoms with Gasteiger partial charge in [-0.2, -0.15) is 13.9 Å². The zero-order valence-corrected chi connectivity index (χ0v) is 13.1. The first kappa shape index (κ1) is 16.7. The highest BCUT2D eigenvalue weighted by Crippen LogP contribution is 2.25. The van der Waals surface area contributed by atoms with Crippen molar-refractivity contribution in [3.63, 3.8) is 0 Å². The molecule has 8 heteroatoms. The Morgan fingerprint density at radius 1 is 1.43 bits per heavy atom. The van der Waals surface area contributed by atoms with E-state index >= 15 is 0 Å². The second-order valence-electron chi connectivity index (χ2n) is 5.05. The van der Waals surface area contributed by atoms with Crippen molar-refractivity contribution in [3.8, 4) is 5.75 Å². The minimum absolute atomic E-state index is 0.0684. The van der Waals surface area contributed by atoms with Crippen molar-refractivity contribution < 1.29 is 18.3 Å². The molecule has 0 radical (unpaired) electrons. The van der Waals surface area contributed by atoms with Gasteiger partial charge in [-0.3, -0.25) is 4.79 Å². The summed E-state index contributed by atoms with van der Waals surface area (Å²) in [6.45, 7) is 0.364. The number of aryl methyl sites for hydroxylation is 1. The average molecular weight is 324 g/mol. The summed E-state index contributed by atoms with van der Waals surface area (Å²) in [4.78, 5) is 12.2. The van der Waals surface area contributed by atoms with E-state index in [0.29, 0.717) is 33.1 Å². The summed E-state index contributed by atoms with van der Waals surface area (Å²) in [7, 11) is 1.50. The number of nitrogen functional groups attached to an aromatic ring is 1. The highest BCUT2D eigenvalue weighted by molar-refractivity contribution is 5.95. The summed E-state index contributed by atoms with van der Waals surface area (Å²) in [6, 6.07) is 4.88. The minimum atomic E-state index is -2.74. The molecule has 0 atom stereocenters. The predicted octanol–water partition coefficient (Wildman–Crippen LogP) is 2.67. The molecule has 0 aliphatic carbocycles. The molecule has 2 aromatic rings. The van der Waals surface area contributed by atoms with E-state index in [1.54, 1.807) is 25.1 Å². The summed E-state index contributed by atoms with van der Waals surface area (Å²) in [6.07, 6.45) is -0.0684. The largest absolute Gasteiger partial charge is 0.497 e. The van der Waals surface area contributed by atoms with Gasteiger partial charge in [0.2, 0.25) is 5.91 Å². The molecule has 3 N–H and O–H groups in total. The predicted molar refractivity (Wildman–Crippen MR) is 82.7 cm³/mol. The molecule has 0 unspecified atom stereocenters. The first-order valence-electron chi connectivity index (χ1n) is 6.89. The maximum absolute atomic E-state index is 12.8. The molecule has 1 amide bonds. The number of methoxy groups -OCH3 is 1. The topological polar surface area (TPSA) is 82.2 Å². The van der Waals surface area contributed by atoms with Crippen LogP contribution in [0.4, 0.5) is 20.2 Å². The molecule has 23 heavy (non-hydrogen) atoms. The number of benzene rings is 1. The summed E-state index contributed by atoms with van der Waals surface area (Å²) in [5.41, 5.74) is 7.74. The van der Waals surface area contributed by atoms with E-state index in [-0.39, 0.29) is 18.0 Å². The molecule has 0 aliphatic heterocycles. The fraction of sp³-hybridized carbons (Fsp3) is 0.333. The Hall–Kier alpha value is -2.64. The van der Waals surface area contributed by atoms with Crippen LogP contribution in [0.15, 0.2) is 18.2 Å². The molecule has 0 fully saturated rings. The van der Waals surface area contributed by atoms with Gasteiger partial charge in [-0.25, -0.2) is 4.68 Å². The number of amides is 1. The van der Waals surface area contributed by atoms with Crippen LogP contribution in [0.3, 0.4) is 0 Å². The summed E-state index contributed by atoms with van der Waals surface area (Å²) in [5.74, 6) is 0.178. The van der Waals surface area contributed by atoms with Gasteiger partial charge in [-0.15, -0.1) is 0 Å². The van der Waals surface area contributed by atoms with Crippen LogP contribution in [0, 0.1) is 13.8 Å². The Morgan fingerprint density at radius 3 is 2.70 bits per heavy atom. The van der Waals surface area contributed by atoms with Crippen molar-refractivity contribution in [2.45, 2.75) is 26.8 Å². The van der Waals surface area contributed by atoms with Crippen molar-refractivity contribution in [3.05, 3.63) is 35.2 Å². The summed E-state index contributed by atoms with van der Waals surface area (Å²) >= 11 is 0. The van der Waals surface area contributed by atoms with Gasteiger partial charge >= 0.3 is 6.55 Å². The number of anilines is 2. The van der Waals surface area contributed by atoms with Crippen LogP contribution >= 0.6 is 0 Å².